The van der Waals surface area contributed by atoms with Crippen molar-refractivity contribution in [2.45, 2.75) is 6.42 Å². The first-order valence-electron chi connectivity index (χ1n) is 6.54. The van der Waals surface area contributed by atoms with E-state index in [4.69, 9.17) is 4.42 Å². The molecule has 1 aromatic heterocycles. The Morgan fingerprint density at radius 1 is 0.850 bits per heavy atom. The van der Waals surface area contributed by atoms with Crippen LogP contribution in [0.5, 0.6) is 0 Å². The molecule has 0 spiro atoms. The Bertz CT molecular complexity index is 697. The fraction of sp³-hybridized carbons (Fsp3) is 0.0556. The van der Waals surface area contributed by atoms with Gasteiger partial charge in [0, 0.05) is 17.5 Å². The van der Waals surface area contributed by atoms with Gasteiger partial charge in [0.1, 0.15) is 5.76 Å². The van der Waals surface area contributed by atoms with Crippen molar-refractivity contribution in [1.29, 1.82) is 0 Å². The van der Waals surface area contributed by atoms with Gasteiger partial charge in [0.2, 0.25) is 0 Å². The monoisotopic (exact) mass is 262 g/mol. The molecule has 1 heterocycles. The average molecular weight is 262 g/mol. The topological polar surface area (TPSA) is 30.2 Å². The molecular weight excluding hydrogens is 248 g/mol. The van der Waals surface area contributed by atoms with Gasteiger partial charge in [-0.1, -0.05) is 54.6 Å². The van der Waals surface area contributed by atoms with E-state index < -0.39 is 0 Å². The maximum atomic E-state index is 12.5. The van der Waals surface area contributed by atoms with E-state index in [0.717, 1.165) is 16.9 Å². The Hall–Kier alpha value is -2.61. The summed E-state index contributed by atoms with van der Waals surface area (Å²) in [6, 6.07) is 21.0. The summed E-state index contributed by atoms with van der Waals surface area (Å²) in [5.41, 5.74) is 2.57. The number of hydrogen-bond donors (Lipinski definition) is 0. The van der Waals surface area contributed by atoms with Crippen molar-refractivity contribution in [1.82, 2.24) is 0 Å². The lowest BCUT2D eigenvalue weighted by molar-refractivity contribution is 0.0993. The number of rotatable bonds is 4. The molecule has 0 atom stereocenters. The highest BCUT2D eigenvalue weighted by Gasteiger charge is 2.14. The van der Waals surface area contributed by atoms with E-state index in [1.54, 1.807) is 6.26 Å². The molecule has 0 saturated heterocycles. The van der Waals surface area contributed by atoms with Crippen LogP contribution in [0.4, 0.5) is 0 Å². The van der Waals surface area contributed by atoms with Crippen molar-refractivity contribution in [3.63, 3.8) is 0 Å². The Morgan fingerprint density at radius 3 is 2.35 bits per heavy atom. The van der Waals surface area contributed by atoms with Crippen LogP contribution in [0.1, 0.15) is 15.9 Å². The van der Waals surface area contributed by atoms with Crippen molar-refractivity contribution in [2.24, 2.45) is 0 Å². The van der Waals surface area contributed by atoms with Crippen LogP contribution < -0.4 is 0 Å². The van der Waals surface area contributed by atoms with Crippen LogP contribution in [0.15, 0.2) is 77.4 Å². The van der Waals surface area contributed by atoms with Gasteiger partial charge in [-0.25, -0.2) is 0 Å². The van der Waals surface area contributed by atoms with E-state index in [1.807, 2.05) is 66.7 Å². The van der Waals surface area contributed by atoms with Crippen LogP contribution in [0.2, 0.25) is 0 Å². The normalized spacial score (nSPS) is 10.4. The number of hydrogen-bond acceptors (Lipinski definition) is 2. The van der Waals surface area contributed by atoms with Gasteiger partial charge in [-0.05, 0) is 17.7 Å². The number of carbonyl (C=O) groups excluding carboxylic acids is 1. The molecule has 2 nitrogen and oxygen atoms in total. The van der Waals surface area contributed by atoms with Crippen LogP contribution >= 0.6 is 0 Å². The first kappa shape index (κ1) is 12.4. The van der Waals surface area contributed by atoms with E-state index in [2.05, 4.69) is 0 Å². The minimum atomic E-state index is 0.100. The molecule has 3 aromatic rings. The number of furan rings is 1. The molecule has 0 radical (unpaired) electrons. The molecule has 0 amide bonds. The van der Waals surface area contributed by atoms with E-state index in [-0.39, 0.29) is 5.78 Å². The lowest BCUT2D eigenvalue weighted by Crippen LogP contribution is -2.05. The van der Waals surface area contributed by atoms with Crippen LogP contribution in [0, 0.1) is 0 Å². The largest absolute Gasteiger partial charge is 0.464 e. The number of ketones is 1. The molecule has 0 aliphatic rings. The predicted octanol–water partition coefficient (Wildman–Crippen LogP) is 4.37. The van der Waals surface area contributed by atoms with Crippen LogP contribution in [-0.4, -0.2) is 5.78 Å². The minimum Gasteiger partial charge on any atom is -0.464 e. The van der Waals surface area contributed by atoms with Gasteiger partial charge in [0.25, 0.3) is 0 Å². The van der Waals surface area contributed by atoms with Gasteiger partial charge in [0.15, 0.2) is 5.78 Å². The standard InChI is InChI=1S/C18H14O2/c19-17(13-14-7-2-1-3-8-14)15-9-4-5-10-16(15)18-11-6-12-20-18/h1-12H,13H2. The average Bonchev–Trinajstić information content (AvgIpc) is 3.02. The van der Waals surface area contributed by atoms with Gasteiger partial charge >= 0.3 is 0 Å². The third-order valence-electron chi connectivity index (χ3n) is 3.22. The highest BCUT2D eigenvalue weighted by Crippen LogP contribution is 2.25. The molecule has 0 bridgehead atoms. The van der Waals surface area contributed by atoms with E-state index in [0.29, 0.717) is 12.0 Å². The fourth-order valence-corrected chi connectivity index (χ4v) is 2.25. The lowest BCUT2D eigenvalue weighted by atomic mass is 9.97. The molecule has 0 aliphatic carbocycles. The second-order valence-electron chi connectivity index (χ2n) is 4.61. The zero-order valence-electron chi connectivity index (χ0n) is 11.0. The minimum absolute atomic E-state index is 0.100. The molecule has 2 aromatic carbocycles. The van der Waals surface area contributed by atoms with Gasteiger partial charge in [-0.2, -0.15) is 0 Å². The smallest absolute Gasteiger partial charge is 0.167 e. The van der Waals surface area contributed by atoms with E-state index >= 15 is 0 Å². The van der Waals surface area contributed by atoms with Gasteiger partial charge in [-0.3, -0.25) is 4.79 Å². The molecular formula is C18H14O2. The van der Waals surface area contributed by atoms with Crippen molar-refractivity contribution >= 4 is 5.78 Å². The maximum absolute atomic E-state index is 12.5. The molecule has 0 saturated carbocycles. The summed E-state index contributed by atoms with van der Waals surface area (Å²) in [6.45, 7) is 0. The second-order valence-corrected chi connectivity index (χ2v) is 4.61. The SMILES string of the molecule is O=C(Cc1ccccc1)c1ccccc1-c1ccco1. The molecule has 98 valence electrons. The molecule has 20 heavy (non-hydrogen) atoms. The molecule has 0 fully saturated rings. The number of Topliss-reactive ketones (excluding diaryl/α,β-unsaturated/α-hetero) is 1. The summed E-state index contributed by atoms with van der Waals surface area (Å²) in [7, 11) is 0. The van der Waals surface area contributed by atoms with Gasteiger partial charge in [-0.15, -0.1) is 0 Å². The van der Waals surface area contributed by atoms with E-state index in [9.17, 15) is 4.79 Å². The third-order valence-corrected chi connectivity index (χ3v) is 3.22. The van der Waals surface area contributed by atoms with Crippen molar-refractivity contribution in [2.75, 3.05) is 0 Å². The summed E-state index contributed by atoms with van der Waals surface area (Å²) in [6.07, 6.45) is 2.02. The molecule has 0 unspecified atom stereocenters. The van der Waals surface area contributed by atoms with Crippen LogP contribution in [0.3, 0.4) is 0 Å². The zero-order valence-corrected chi connectivity index (χ0v) is 11.0. The highest BCUT2D eigenvalue weighted by molar-refractivity contribution is 6.02. The van der Waals surface area contributed by atoms with Crippen molar-refractivity contribution < 1.29 is 9.21 Å². The Balaban J connectivity index is 1.93. The van der Waals surface area contributed by atoms with Gasteiger partial charge < -0.3 is 4.42 Å². The zero-order chi connectivity index (χ0) is 13.8. The quantitative estimate of drug-likeness (QED) is 0.653. The third kappa shape index (κ3) is 2.54. The van der Waals surface area contributed by atoms with Crippen molar-refractivity contribution in [3.8, 4) is 11.3 Å². The summed E-state index contributed by atoms with van der Waals surface area (Å²) in [5, 5.41) is 0. The Labute approximate surface area is 117 Å². The first-order chi connectivity index (χ1) is 9.84. The fourth-order valence-electron chi connectivity index (χ4n) is 2.25. The van der Waals surface area contributed by atoms with Gasteiger partial charge in [0.05, 0.1) is 6.26 Å². The summed E-state index contributed by atoms with van der Waals surface area (Å²) in [4.78, 5) is 12.5. The second kappa shape index (κ2) is 5.57. The molecule has 2 heteroatoms. The molecule has 0 N–H and O–H groups in total. The Morgan fingerprint density at radius 2 is 1.60 bits per heavy atom. The predicted molar refractivity (Wildman–Crippen MR) is 78.6 cm³/mol. The maximum Gasteiger partial charge on any atom is 0.167 e. The first-order valence-corrected chi connectivity index (χ1v) is 6.54. The van der Waals surface area contributed by atoms with E-state index in [1.165, 1.54) is 0 Å². The number of carbonyl (C=O) groups is 1. The summed E-state index contributed by atoms with van der Waals surface area (Å²) < 4.78 is 5.41. The van der Waals surface area contributed by atoms with Crippen molar-refractivity contribution in [3.05, 3.63) is 84.1 Å². The number of benzene rings is 2. The van der Waals surface area contributed by atoms with Crippen LogP contribution in [0.25, 0.3) is 11.3 Å². The Kier molecular flexibility index (Phi) is 3.46. The summed E-state index contributed by atoms with van der Waals surface area (Å²) >= 11 is 0. The molecule has 3 rings (SSSR count). The lowest BCUT2D eigenvalue weighted by Gasteiger charge is -2.06. The summed E-state index contributed by atoms with van der Waals surface area (Å²) in [5.74, 6) is 0.824. The highest BCUT2D eigenvalue weighted by atomic mass is 16.3. The molecule has 0 aliphatic heterocycles. The van der Waals surface area contributed by atoms with Crippen LogP contribution in [-0.2, 0) is 6.42 Å².